The summed E-state index contributed by atoms with van der Waals surface area (Å²) in [5, 5.41) is 15.1. The molecule has 1 aromatic carbocycles. The normalized spacial score (nSPS) is 18.6. The molecule has 1 aliphatic heterocycles. The number of nitrogens with one attached hydrogen (secondary N) is 1. The molecule has 0 saturated carbocycles. The first-order valence-corrected chi connectivity index (χ1v) is 6.99. The lowest BCUT2D eigenvalue weighted by Gasteiger charge is -2.32. The van der Waals surface area contributed by atoms with E-state index >= 15 is 0 Å². The molecule has 1 aliphatic rings. The van der Waals surface area contributed by atoms with E-state index in [9.17, 15) is 10.1 Å². The van der Waals surface area contributed by atoms with Gasteiger partial charge in [0.05, 0.1) is 10.4 Å². The van der Waals surface area contributed by atoms with Gasteiger partial charge in [-0.2, -0.15) is 0 Å². The molecule has 1 N–H and O–H groups in total. The molecule has 1 unspecified atom stereocenters. The summed E-state index contributed by atoms with van der Waals surface area (Å²) in [5.74, 6) is 0.748. The average molecular weight is 287 g/mol. The second-order valence-corrected chi connectivity index (χ2v) is 5.27. The second kappa shape index (κ2) is 5.61. The number of likely N-dealkylation sites (N-methyl/N-ethyl adjacent to an activating group) is 1. The quantitative estimate of drug-likeness (QED) is 0.683. The first-order chi connectivity index (χ1) is 10.2. The van der Waals surface area contributed by atoms with Gasteiger partial charge in [-0.05, 0) is 25.5 Å². The minimum absolute atomic E-state index is 0.0636. The Bertz CT molecular complexity index is 669. The van der Waals surface area contributed by atoms with Gasteiger partial charge in [-0.1, -0.05) is 0 Å². The van der Waals surface area contributed by atoms with Crippen molar-refractivity contribution in [1.29, 1.82) is 0 Å². The van der Waals surface area contributed by atoms with Crippen LogP contribution in [-0.2, 0) is 0 Å². The average Bonchev–Trinajstić information content (AvgIpc) is 2.54. The van der Waals surface area contributed by atoms with Crippen molar-refractivity contribution in [2.75, 3.05) is 25.0 Å². The van der Waals surface area contributed by atoms with E-state index in [1.165, 1.54) is 12.4 Å². The number of hydrogen-bond donors (Lipinski definition) is 1. The van der Waals surface area contributed by atoms with Crippen molar-refractivity contribution in [3.8, 4) is 0 Å². The monoisotopic (exact) mass is 287 g/mol. The highest BCUT2D eigenvalue weighted by Gasteiger charge is 2.21. The molecule has 1 saturated heterocycles. The third-order valence-corrected chi connectivity index (χ3v) is 3.96. The zero-order valence-electron chi connectivity index (χ0n) is 11.8. The molecule has 0 amide bonds. The highest BCUT2D eigenvalue weighted by atomic mass is 16.6. The third-order valence-electron chi connectivity index (χ3n) is 3.96. The number of nitro groups is 1. The van der Waals surface area contributed by atoms with Crippen molar-refractivity contribution in [2.45, 2.75) is 18.9 Å². The van der Waals surface area contributed by atoms with Crippen LogP contribution in [-0.4, -0.2) is 41.1 Å². The number of non-ortho nitro benzene ring substituents is 1. The molecule has 21 heavy (non-hydrogen) atoms. The number of benzene rings is 1. The van der Waals surface area contributed by atoms with E-state index in [1.807, 2.05) is 7.05 Å². The van der Waals surface area contributed by atoms with Gasteiger partial charge in [0, 0.05) is 37.2 Å². The van der Waals surface area contributed by atoms with E-state index in [-0.39, 0.29) is 5.69 Å². The molecular formula is C14H17N5O2. The summed E-state index contributed by atoms with van der Waals surface area (Å²) in [4.78, 5) is 21.2. The highest BCUT2D eigenvalue weighted by Crippen LogP contribution is 2.28. The van der Waals surface area contributed by atoms with Crippen molar-refractivity contribution >= 4 is 22.4 Å². The van der Waals surface area contributed by atoms with E-state index in [2.05, 4.69) is 20.2 Å². The zero-order valence-corrected chi connectivity index (χ0v) is 11.8. The smallest absolute Gasteiger partial charge is 0.270 e. The van der Waals surface area contributed by atoms with Crippen LogP contribution in [0, 0.1) is 10.1 Å². The summed E-state index contributed by atoms with van der Waals surface area (Å²) in [5.41, 5.74) is 0.787. The fraction of sp³-hybridized carbons (Fsp3) is 0.429. The number of nitro benzene ring substituents is 1. The Balaban J connectivity index is 2.04. The topological polar surface area (TPSA) is 84.2 Å². The standard InChI is InChI=1S/C14H17N5O2/c1-18(11-3-2-6-15-8-11)14-12-7-10(19(20)21)4-5-13(12)16-9-17-14/h4-5,7,9,11,15H,2-3,6,8H2,1H3. The van der Waals surface area contributed by atoms with Gasteiger partial charge in [-0.25, -0.2) is 9.97 Å². The van der Waals surface area contributed by atoms with Gasteiger partial charge < -0.3 is 10.2 Å². The van der Waals surface area contributed by atoms with Crippen LogP contribution in [0.15, 0.2) is 24.5 Å². The SMILES string of the molecule is CN(c1ncnc2ccc([N+](=O)[O-])cc12)C1CCCNC1. The van der Waals surface area contributed by atoms with Gasteiger partial charge >= 0.3 is 0 Å². The Kier molecular flexibility index (Phi) is 3.66. The molecule has 2 heterocycles. The van der Waals surface area contributed by atoms with Crippen LogP contribution in [0.1, 0.15) is 12.8 Å². The minimum atomic E-state index is -0.390. The van der Waals surface area contributed by atoms with Crippen LogP contribution < -0.4 is 10.2 Å². The zero-order chi connectivity index (χ0) is 14.8. The number of hydrogen-bond acceptors (Lipinski definition) is 6. The summed E-state index contributed by atoms with van der Waals surface area (Å²) in [6.07, 6.45) is 3.72. The maximum absolute atomic E-state index is 11.0. The lowest BCUT2D eigenvalue weighted by atomic mass is 10.1. The molecule has 3 rings (SSSR count). The maximum atomic E-state index is 11.0. The molecule has 1 fully saturated rings. The van der Waals surface area contributed by atoms with Crippen molar-refractivity contribution < 1.29 is 4.92 Å². The molecule has 0 bridgehead atoms. The first-order valence-electron chi connectivity index (χ1n) is 6.99. The number of anilines is 1. The summed E-state index contributed by atoms with van der Waals surface area (Å²) in [6, 6.07) is 5.04. The molecule has 7 nitrogen and oxygen atoms in total. The Morgan fingerprint density at radius 2 is 2.29 bits per heavy atom. The van der Waals surface area contributed by atoms with Crippen molar-refractivity contribution in [2.24, 2.45) is 0 Å². The van der Waals surface area contributed by atoms with E-state index in [4.69, 9.17) is 0 Å². The number of rotatable bonds is 3. The Labute approximate surface area is 122 Å². The van der Waals surface area contributed by atoms with Gasteiger partial charge in [0.1, 0.15) is 12.1 Å². The van der Waals surface area contributed by atoms with Gasteiger partial charge in [-0.15, -0.1) is 0 Å². The van der Waals surface area contributed by atoms with Crippen molar-refractivity contribution in [3.63, 3.8) is 0 Å². The molecule has 0 radical (unpaired) electrons. The van der Waals surface area contributed by atoms with E-state index < -0.39 is 4.92 Å². The van der Waals surface area contributed by atoms with Gasteiger partial charge in [0.15, 0.2) is 0 Å². The molecule has 0 spiro atoms. The predicted molar refractivity (Wildman–Crippen MR) is 80.5 cm³/mol. The largest absolute Gasteiger partial charge is 0.355 e. The van der Waals surface area contributed by atoms with Gasteiger partial charge in [0.2, 0.25) is 0 Å². The fourth-order valence-corrected chi connectivity index (χ4v) is 2.76. The Hall–Kier alpha value is -2.28. The Morgan fingerprint density at radius 1 is 1.43 bits per heavy atom. The minimum Gasteiger partial charge on any atom is -0.355 e. The number of fused-ring (bicyclic) bond motifs is 1. The lowest BCUT2D eigenvalue weighted by Crippen LogP contribution is -2.44. The van der Waals surface area contributed by atoms with Crippen LogP contribution in [0.3, 0.4) is 0 Å². The summed E-state index contributed by atoms with van der Waals surface area (Å²) in [7, 11) is 1.98. The van der Waals surface area contributed by atoms with E-state index in [1.54, 1.807) is 12.1 Å². The molecule has 1 atom stereocenters. The lowest BCUT2D eigenvalue weighted by molar-refractivity contribution is -0.384. The third kappa shape index (κ3) is 2.64. The molecule has 110 valence electrons. The maximum Gasteiger partial charge on any atom is 0.270 e. The van der Waals surface area contributed by atoms with Crippen LogP contribution >= 0.6 is 0 Å². The van der Waals surface area contributed by atoms with E-state index in [0.717, 1.165) is 42.7 Å². The first kappa shape index (κ1) is 13.7. The van der Waals surface area contributed by atoms with Crippen LogP contribution in [0.5, 0.6) is 0 Å². The van der Waals surface area contributed by atoms with E-state index in [0.29, 0.717) is 6.04 Å². The van der Waals surface area contributed by atoms with Crippen molar-refractivity contribution in [1.82, 2.24) is 15.3 Å². The molecule has 2 aromatic rings. The summed E-state index contributed by atoms with van der Waals surface area (Å²) >= 11 is 0. The number of nitrogens with zero attached hydrogens (tertiary/aromatic N) is 4. The fourth-order valence-electron chi connectivity index (χ4n) is 2.76. The summed E-state index contributed by atoms with van der Waals surface area (Å²) in [6.45, 7) is 1.94. The molecule has 7 heteroatoms. The number of piperidine rings is 1. The highest BCUT2D eigenvalue weighted by molar-refractivity contribution is 5.91. The van der Waals surface area contributed by atoms with Gasteiger partial charge in [0.25, 0.3) is 5.69 Å². The molecule has 0 aliphatic carbocycles. The Morgan fingerprint density at radius 3 is 3.00 bits per heavy atom. The molecule has 1 aromatic heterocycles. The molecular weight excluding hydrogens is 270 g/mol. The van der Waals surface area contributed by atoms with Crippen LogP contribution in [0.2, 0.25) is 0 Å². The summed E-state index contributed by atoms with van der Waals surface area (Å²) < 4.78 is 0. The van der Waals surface area contributed by atoms with Gasteiger partial charge in [-0.3, -0.25) is 10.1 Å². The second-order valence-electron chi connectivity index (χ2n) is 5.27. The predicted octanol–water partition coefficient (Wildman–Crippen LogP) is 1.73. The van der Waals surface area contributed by atoms with Crippen molar-refractivity contribution in [3.05, 3.63) is 34.6 Å². The van der Waals surface area contributed by atoms with Crippen LogP contribution in [0.4, 0.5) is 11.5 Å². The van der Waals surface area contributed by atoms with Crippen LogP contribution in [0.25, 0.3) is 10.9 Å². The number of aromatic nitrogens is 2.